The molecule has 2 aromatic heterocycles. The molecule has 3 aromatic rings. The zero-order valence-electron chi connectivity index (χ0n) is 18.0. The first-order valence-corrected chi connectivity index (χ1v) is 11.4. The lowest BCUT2D eigenvalue weighted by Crippen LogP contribution is -2.38. The van der Waals surface area contributed by atoms with Crippen molar-refractivity contribution < 1.29 is 13.7 Å². The smallest absolute Gasteiger partial charge is 0.239 e. The Morgan fingerprint density at radius 2 is 1.81 bits per heavy atom. The van der Waals surface area contributed by atoms with Crippen molar-refractivity contribution in [1.29, 1.82) is 0 Å². The highest BCUT2D eigenvalue weighted by atomic mass is 32.2. The van der Waals surface area contributed by atoms with E-state index in [4.69, 9.17) is 9.26 Å². The van der Waals surface area contributed by atoms with Gasteiger partial charge in [0, 0.05) is 37.7 Å². The molecule has 0 N–H and O–H groups in total. The maximum absolute atomic E-state index is 13.4. The molecule has 0 spiro atoms. The summed E-state index contributed by atoms with van der Waals surface area (Å²) in [4.78, 5) is 6.87. The van der Waals surface area contributed by atoms with Crippen LogP contribution < -0.4 is 0 Å². The third-order valence-corrected chi connectivity index (χ3v) is 6.23. The van der Waals surface area contributed by atoms with Crippen LogP contribution in [-0.2, 0) is 11.3 Å². The van der Waals surface area contributed by atoms with Crippen molar-refractivity contribution in [3.8, 4) is 11.4 Å². The predicted octanol–water partition coefficient (Wildman–Crippen LogP) is 3.78. The summed E-state index contributed by atoms with van der Waals surface area (Å²) in [5.41, 5.74) is 0.829. The Bertz CT molecular complexity index is 984. The van der Waals surface area contributed by atoms with Crippen LogP contribution in [0.5, 0.6) is 0 Å². The molecule has 0 amide bonds. The van der Waals surface area contributed by atoms with Crippen molar-refractivity contribution in [3.05, 3.63) is 41.8 Å². The first kappa shape index (κ1) is 21.9. The number of benzene rings is 1. The quantitative estimate of drug-likeness (QED) is 0.484. The molecule has 166 valence electrons. The van der Waals surface area contributed by atoms with E-state index in [1.807, 2.05) is 20.8 Å². The Morgan fingerprint density at radius 1 is 1.06 bits per heavy atom. The van der Waals surface area contributed by atoms with Crippen molar-refractivity contribution in [3.63, 3.8) is 0 Å². The minimum Gasteiger partial charge on any atom is -0.379 e. The fourth-order valence-electron chi connectivity index (χ4n) is 3.31. The number of hydrogen-bond donors (Lipinski definition) is 0. The van der Waals surface area contributed by atoms with E-state index in [-0.39, 0.29) is 17.0 Å². The summed E-state index contributed by atoms with van der Waals surface area (Å²) in [5.74, 6) is 1.92. The fraction of sp³-hybridized carbons (Fsp3) is 0.524. The first-order chi connectivity index (χ1) is 15.0. The second-order valence-corrected chi connectivity index (χ2v) is 9.13. The maximum Gasteiger partial charge on any atom is 0.239 e. The van der Waals surface area contributed by atoms with Crippen LogP contribution >= 0.6 is 11.8 Å². The largest absolute Gasteiger partial charge is 0.379 e. The standard InChI is InChI=1S/C21H27FN6O2S/c1-14(2)18-23-20(30-26-18)15(3)31-21-25-24-19(16-4-6-17(22)7-5-16)28(21)9-8-27-10-12-29-13-11-27/h4-7,14-15H,8-13H2,1-3H3. The molecule has 4 rings (SSSR count). The van der Waals surface area contributed by atoms with Crippen LogP contribution in [0.25, 0.3) is 11.4 Å². The molecule has 1 atom stereocenters. The van der Waals surface area contributed by atoms with Gasteiger partial charge in [0.1, 0.15) is 5.82 Å². The van der Waals surface area contributed by atoms with Gasteiger partial charge in [-0.3, -0.25) is 4.90 Å². The molecule has 1 fully saturated rings. The fourth-order valence-corrected chi connectivity index (χ4v) is 4.22. The van der Waals surface area contributed by atoms with Gasteiger partial charge in [0.25, 0.3) is 0 Å². The topological polar surface area (TPSA) is 82.1 Å². The zero-order valence-corrected chi connectivity index (χ0v) is 18.8. The molecule has 8 nitrogen and oxygen atoms in total. The Labute approximate surface area is 185 Å². The second-order valence-electron chi connectivity index (χ2n) is 7.82. The molecule has 0 aliphatic carbocycles. The van der Waals surface area contributed by atoms with Gasteiger partial charge >= 0.3 is 0 Å². The molecule has 0 bridgehead atoms. The van der Waals surface area contributed by atoms with Gasteiger partial charge in [0.05, 0.1) is 18.5 Å². The van der Waals surface area contributed by atoms with Gasteiger partial charge < -0.3 is 13.8 Å². The highest BCUT2D eigenvalue weighted by Gasteiger charge is 2.22. The Hall–Kier alpha value is -2.30. The highest BCUT2D eigenvalue weighted by Crippen LogP contribution is 2.35. The van der Waals surface area contributed by atoms with Gasteiger partial charge in [-0.15, -0.1) is 10.2 Å². The summed E-state index contributed by atoms with van der Waals surface area (Å²) >= 11 is 1.53. The van der Waals surface area contributed by atoms with Crippen LogP contribution in [0.1, 0.15) is 43.7 Å². The molecule has 1 aromatic carbocycles. The average Bonchev–Trinajstić information content (AvgIpc) is 3.41. The number of ether oxygens (including phenoxy) is 1. The minimum absolute atomic E-state index is 0.0765. The van der Waals surface area contributed by atoms with Gasteiger partial charge in [-0.2, -0.15) is 4.98 Å². The highest BCUT2D eigenvalue weighted by molar-refractivity contribution is 7.99. The minimum atomic E-state index is -0.274. The summed E-state index contributed by atoms with van der Waals surface area (Å²) in [6, 6.07) is 6.35. The van der Waals surface area contributed by atoms with E-state index in [1.165, 1.54) is 23.9 Å². The summed E-state index contributed by atoms with van der Waals surface area (Å²) < 4.78 is 26.4. The Morgan fingerprint density at radius 3 is 2.48 bits per heavy atom. The van der Waals surface area contributed by atoms with Crippen molar-refractivity contribution in [2.45, 2.75) is 43.6 Å². The number of aromatic nitrogens is 5. The van der Waals surface area contributed by atoms with Gasteiger partial charge in [-0.25, -0.2) is 4.39 Å². The van der Waals surface area contributed by atoms with E-state index < -0.39 is 0 Å². The third kappa shape index (κ3) is 5.31. The van der Waals surface area contributed by atoms with Gasteiger partial charge in [-0.1, -0.05) is 30.8 Å². The number of morpholine rings is 1. The lowest BCUT2D eigenvalue weighted by molar-refractivity contribution is 0.0361. The van der Waals surface area contributed by atoms with Crippen LogP contribution in [0.15, 0.2) is 33.9 Å². The molecule has 1 saturated heterocycles. The van der Waals surface area contributed by atoms with Gasteiger partial charge in [-0.05, 0) is 31.2 Å². The lowest BCUT2D eigenvalue weighted by Gasteiger charge is -2.27. The summed E-state index contributed by atoms with van der Waals surface area (Å²) in [7, 11) is 0. The van der Waals surface area contributed by atoms with Crippen LogP contribution in [0.3, 0.4) is 0 Å². The summed E-state index contributed by atoms with van der Waals surface area (Å²) in [6.07, 6.45) is 0. The Balaban J connectivity index is 1.57. The van der Waals surface area contributed by atoms with Crippen molar-refractivity contribution in [1.82, 2.24) is 29.8 Å². The molecular weight excluding hydrogens is 419 g/mol. The summed E-state index contributed by atoms with van der Waals surface area (Å²) in [5, 5.41) is 13.6. The molecule has 1 aliphatic rings. The molecule has 0 radical (unpaired) electrons. The third-order valence-electron chi connectivity index (χ3n) is 5.17. The molecule has 0 saturated carbocycles. The van der Waals surface area contributed by atoms with Crippen molar-refractivity contribution in [2.24, 2.45) is 0 Å². The van der Waals surface area contributed by atoms with Crippen molar-refractivity contribution >= 4 is 11.8 Å². The van der Waals surface area contributed by atoms with E-state index in [9.17, 15) is 4.39 Å². The number of nitrogens with zero attached hydrogens (tertiary/aromatic N) is 6. The molecule has 1 unspecified atom stereocenters. The van der Waals surface area contributed by atoms with Crippen LogP contribution in [0, 0.1) is 5.82 Å². The number of hydrogen-bond acceptors (Lipinski definition) is 8. The molecule has 31 heavy (non-hydrogen) atoms. The number of halogens is 1. The predicted molar refractivity (Wildman–Crippen MR) is 115 cm³/mol. The van der Waals surface area contributed by atoms with Gasteiger partial charge in [0.2, 0.25) is 5.89 Å². The monoisotopic (exact) mass is 446 g/mol. The van der Waals surface area contributed by atoms with E-state index in [2.05, 4.69) is 29.8 Å². The SMILES string of the molecule is CC(C)c1noc(C(C)Sc2nnc(-c3ccc(F)cc3)n2CCN2CCOCC2)n1. The molecular formula is C21H27FN6O2S. The van der Waals surface area contributed by atoms with Crippen LogP contribution in [-0.4, -0.2) is 62.7 Å². The zero-order chi connectivity index (χ0) is 21.8. The second kappa shape index (κ2) is 9.88. The maximum atomic E-state index is 13.4. The van der Waals surface area contributed by atoms with E-state index in [0.29, 0.717) is 11.7 Å². The first-order valence-electron chi connectivity index (χ1n) is 10.5. The molecule has 3 heterocycles. The normalized spacial score (nSPS) is 16.2. The van der Waals surface area contributed by atoms with E-state index in [1.54, 1.807) is 12.1 Å². The molecule has 1 aliphatic heterocycles. The average molecular weight is 447 g/mol. The number of rotatable bonds is 8. The molecule has 10 heteroatoms. The Kier molecular flexibility index (Phi) is 6.99. The van der Waals surface area contributed by atoms with Crippen LogP contribution in [0.4, 0.5) is 4.39 Å². The van der Waals surface area contributed by atoms with E-state index >= 15 is 0 Å². The van der Waals surface area contributed by atoms with Gasteiger partial charge in [0.15, 0.2) is 16.8 Å². The lowest BCUT2D eigenvalue weighted by atomic mass is 10.2. The number of thioether (sulfide) groups is 1. The van der Waals surface area contributed by atoms with E-state index in [0.717, 1.165) is 55.9 Å². The van der Waals surface area contributed by atoms with Crippen LogP contribution in [0.2, 0.25) is 0 Å². The summed E-state index contributed by atoms with van der Waals surface area (Å²) in [6.45, 7) is 11.0. The van der Waals surface area contributed by atoms with Crippen molar-refractivity contribution in [2.75, 3.05) is 32.8 Å².